The van der Waals surface area contributed by atoms with E-state index in [-0.39, 0.29) is 37.3 Å². The first-order chi connectivity index (χ1) is 12.5. The number of benzene rings is 2. The maximum absolute atomic E-state index is 13.5. The van der Waals surface area contributed by atoms with E-state index in [1.54, 1.807) is 0 Å². The van der Waals surface area contributed by atoms with E-state index in [9.17, 15) is 21.6 Å². The number of nitrogens with one attached hydrogen (secondary N) is 1. The van der Waals surface area contributed by atoms with Crippen LogP contribution in [-0.4, -0.2) is 18.6 Å². The summed E-state index contributed by atoms with van der Waals surface area (Å²) in [5, 5.41) is 11.1. The summed E-state index contributed by atoms with van der Waals surface area (Å²) in [5.41, 5.74) is -1.08. The van der Waals surface area contributed by atoms with Gasteiger partial charge in [-0.05, 0) is 24.3 Å². The van der Waals surface area contributed by atoms with Crippen LogP contribution in [0.3, 0.4) is 0 Å². The number of rotatable bonds is 3. The molecule has 0 radical (unpaired) electrons. The van der Waals surface area contributed by atoms with E-state index in [0.29, 0.717) is 0 Å². The summed E-state index contributed by atoms with van der Waals surface area (Å²) in [5.74, 6) is 0. The highest BCUT2D eigenvalue weighted by atomic mass is 35.5. The van der Waals surface area contributed by atoms with Gasteiger partial charge in [-0.3, -0.25) is 5.10 Å². The Labute approximate surface area is 162 Å². The van der Waals surface area contributed by atoms with Crippen LogP contribution in [-0.2, 0) is 16.2 Å². The molecule has 0 saturated carbocycles. The van der Waals surface area contributed by atoms with Crippen LogP contribution in [0.1, 0.15) is 5.69 Å². The molecule has 0 saturated heterocycles. The number of aromatic amines is 1. The molecule has 3 rings (SSSR count). The maximum atomic E-state index is 13.5. The molecule has 11 heteroatoms. The van der Waals surface area contributed by atoms with Gasteiger partial charge in [-0.1, -0.05) is 41.4 Å². The van der Waals surface area contributed by atoms with Gasteiger partial charge in [0.2, 0.25) is 10.0 Å². The second-order valence-electron chi connectivity index (χ2n) is 5.51. The third-order valence-electron chi connectivity index (χ3n) is 3.71. The van der Waals surface area contributed by atoms with E-state index in [1.807, 2.05) is 5.10 Å². The quantitative estimate of drug-likeness (QED) is 0.623. The lowest BCUT2D eigenvalue weighted by molar-refractivity contribution is -0.140. The van der Waals surface area contributed by atoms with Crippen LogP contribution in [0.15, 0.2) is 47.4 Å². The van der Waals surface area contributed by atoms with Crippen LogP contribution in [0, 0.1) is 0 Å². The molecular formula is C16H10Cl2F3N3O2S. The van der Waals surface area contributed by atoms with Crippen LogP contribution in [0.25, 0.3) is 22.4 Å². The molecule has 0 spiro atoms. The Morgan fingerprint density at radius 1 is 1.04 bits per heavy atom. The molecule has 3 N–H and O–H groups in total. The average molecular weight is 436 g/mol. The standard InChI is InChI=1S/C16H10Cl2F3N3O2S/c17-9-3-6-11(12(18)7-9)13-14(23-24-15(13)16(19,20)21)8-1-4-10(5-2-8)27(22,25)26/h1-7H,(H,23,24)(H2,22,25,26). The molecule has 0 bridgehead atoms. The van der Waals surface area contributed by atoms with E-state index < -0.39 is 21.9 Å². The molecule has 142 valence electrons. The molecular weight excluding hydrogens is 426 g/mol. The number of hydrogen-bond acceptors (Lipinski definition) is 3. The summed E-state index contributed by atoms with van der Waals surface area (Å²) < 4.78 is 63.1. The number of sulfonamides is 1. The highest BCUT2D eigenvalue weighted by molar-refractivity contribution is 7.89. The first-order valence-electron chi connectivity index (χ1n) is 7.22. The zero-order chi connectivity index (χ0) is 20.0. The molecule has 0 aliphatic carbocycles. The Kier molecular flexibility index (Phi) is 4.98. The molecule has 1 heterocycles. The molecule has 0 fully saturated rings. The first kappa shape index (κ1) is 19.7. The number of halogens is 5. The fourth-order valence-corrected chi connectivity index (χ4v) is 3.53. The SMILES string of the molecule is NS(=O)(=O)c1ccc(-c2n[nH]c(C(F)(F)F)c2-c2ccc(Cl)cc2Cl)cc1. The maximum Gasteiger partial charge on any atom is 0.433 e. The second kappa shape index (κ2) is 6.83. The van der Waals surface area contributed by atoms with E-state index in [2.05, 4.69) is 5.10 Å². The number of nitrogens with two attached hydrogens (primary N) is 1. The molecule has 0 aliphatic rings. The molecule has 2 aromatic carbocycles. The smallest absolute Gasteiger partial charge is 0.272 e. The summed E-state index contributed by atoms with van der Waals surface area (Å²) in [4.78, 5) is -0.177. The van der Waals surface area contributed by atoms with Gasteiger partial charge in [-0.2, -0.15) is 18.3 Å². The summed E-state index contributed by atoms with van der Waals surface area (Å²) in [7, 11) is -3.94. The molecule has 0 unspecified atom stereocenters. The van der Waals surface area contributed by atoms with Crippen molar-refractivity contribution in [1.82, 2.24) is 10.2 Å². The average Bonchev–Trinajstić information content (AvgIpc) is 2.99. The Morgan fingerprint density at radius 2 is 1.67 bits per heavy atom. The van der Waals surface area contributed by atoms with Gasteiger partial charge in [-0.15, -0.1) is 0 Å². The fourth-order valence-electron chi connectivity index (χ4n) is 2.51. The van der Waals surface area contributed by atoms with Gasteiger partial charge >= 0.3 is 6.18 Å². The minimum atomic E-state index is -4.72. The molecule has 0 amide bonds. The van der Waals surface area contributed by atoms with Crippen molar-refractivity contribution in [3.63, 3.8) is 0 Å². The minimum absolute atomic E-state index is 0.0109. The summed E-state index contributed by atoms with van der Waals surface area (Å²) in [6, 6.07) is 9.06. The van der Waals surface area contributed by atoms with Gasteiger partial charge in [0, 0.05) is 21.7 Å². The lowest BCUT2D eigenvalue weighted by atomic mass is 9.98. The van der Waals surface area contributed by atoms with Crippen LogP contribution in [0.5, 0.6) is 0 Å². The zero-order valence-electron chi connectivity index (χ0n) is 13.2. The largest absolute Gasteiger partial charge is 0.433 e. The lowest BCUT2D eigenvalue weighted by Crippen LogP contribution is -2.11. The number of primary sulfonamides is 1. The first-order valence-corrected chi connectivity index (χ1v) is 9.53. The molecule has 5 nitrogen and oxygen atoms in total. The van der Waals surface area contributed by atoms with Crippen LogP contribution < -0.4 is 5.14 Å². The zero-order valence-corrected chi connectivity index (χ0v) is 15.5. The lowest BCUT2D eigenvalue weighted by Gasteiger charge is -2.11. The third-order valence-corrected chi connectivity index (χ3v) is 5.18. The predicted molar refractivity (Wildman–Crippen MR) is 95.9 cm³/mol. The Hall–Kier alpha value is -2.07. The number of hydrogen-bond donors (Lipinski definition) is 2. The van der Waals surface area contributed by atoms with Crippen molar-refractivity contribution in [2.45, 2.75) is 11.1 Å². The Bertz CT molecular complexity index is 1110. The third kappa shape index (κ3) is 3.96. The normalized spacial score (nSPS) is 12.4. The van der Waals surface area contributed by atoms with Crippen molar-refractivity contribution in [2.24, 2.45) is 5.14 Å². The van der Waals surface area contributed by atoms with Crippen molar-refractivity contribution in [3.8, 4) is 22.4 Å². The number of alkyl halides is 3. The van der Waals surface area contributed by atoms with Crippen LogP contribution in [0.4, 0.5) is 13.2 Å². The molecule has 1 aromatic heterocycles. The highest BCUT2D eigenvalue weighted by Crippen LogP contribution is 2.43. The van der Waals surface area contributed by atoms with Gasteiger partial charge in [0.05, 0.1) is 9.92 Å². The minimum Gasteiger partial charge on any atom is -0.272 e. The van der Waals surface area contributed by atoms with Gasteiger partial charge in [0.25, 0.3) is 0 Å². The van der Waals surface area contributed by atoms with Gasteiger partial charge in [-0.25, -0.2) is 13.6 Å². The van der Waals surface area contributed by atoms with Gasteiger partial charge in [0.15, 0.2) is 0 Å². The predicted octanol–water partition coefficient (Wildman–Crippen LogP) is 4.72. The fraction of sp³-hybridized carbons (Fsp3) is 0.0625. The summed E-state index contributed by atoms with van der Waals surface area (Å²) >= 11 is 11.9. The molecule has 0 aliphatic heterocycles. The topological polar surface area (TPSA) is 88.8 Å². The number of aromatic nitrogens is 2. The van der Waals surface area contributed by atoms with Crippen LogP contribution >= 0.6 is 23.2 Å². The van der Waals surface area contributed by atoms with Crippen molar-refractivity contribution < 1.29 is 21.6 Å². The number of H-pyrrole nitrogens is 1. The van der Waals surface area contributed by atoms with Crippen molar-refractivity contribution in [1.29, 1.82) is 0 Å². The Morgan fingerprint density at radius 3 is 2.19 bits per heavy atom. The van der Waals surface area contributed by atoms with E-state index >= 15 is 0 Å². The molecule has 3 aromatic rings. The monoisotopic (exact) mass is 435 g/mol. The van der Waals surface area contributed by atoms with Gasteiger partial charge in [0.1, 0.15) is 11.4 Å². The van der Waals surface area contributed by atoms with Crippen molar-refractivity contribution >= 4 is 33.2 Å². The Balaban J connectivity index is 2.24. The summed E-state index contributed by atoms with van der Waals surface area (Å²) in [6.07, 6.45) is -4.72. The number of nitrogens with zero attached hydrogens (tertiary/aromatic N) is 1. The van der Waals surface area contributed by atoms with Crippen molar-refractivity contribution in [2.75, 3.05) is 0 Å². The van der Waals surface area contributed by atoms with Crippen LogP contribution in [0.2, 0.25) is 10.0 Å². The second-order valence-corrected chi connectivity index (χ2v) is 7.92. The molecule has 27 heavy (non-hydrogen) atoms. The van der Waals surface area contributed by atoms with E-state index in [4.69, 9.17) is 28.3 Å². The molecule has 0 atom stereocenters. The highest BCUT2D eigenvalue weighted by Gasteiger charge is 2.38. The van der Waals surface area contributed by atoms with Gasteiger partial charge < -0.3 is 0 Å². The van der Waals surface area contributed by atoms with E-state index in [0.717, 1.165) is 0 Å². The van der Waals surface area contributed by atoms with E-state index in [1.165, 1.54) is 42.5 Å². The summed E-state index contributed by atoms with van der Waals surface area (Å²) in [6.45, 7) is 0. The van der Waals surface area contributed by atoms with Crippen molar-refractivity contribution in [3.05, 3.63) is 58.2 Å².